The minimum absolute atomic E-state index is 0.185. The van der Waals surface area contributed by atoms with E-state index < -0.39 is 15.9 Å². The second-order valence-corrected chi connectivity index (χ2v) is 8.65. The lowest BCUT2D eigenvalue weighted by atomic mass is 10.1. The summed E-state index contributed by atoms with van der Waals surface area (Å²) in [7, 11) is 0. The summed E-state index contributed by atoms with van der Waals surface area (Å²) >= 11 is 23.3. The smallest absolute Gasteiger partial charge is 0.252 e. The summed E-state index contributed by atoms with van der Waals surface area (Å²) in [4.78, 5) is 12.5. The third kappa shape index (κ3) is 7.02. The molecule has 5 nitrogen and oxygen atoms in total. The van der Waals surface area contributed by atoms with Crippen molar-refractivity contribution in [2.45, 2.75) is 23.8 Å². The lowest BCUT2D eigenvalue weighted by molar-refractivity contribution is 0.0934. The highest BCUT2D eigenvalue weighted by atomic mass is 35.6. The first-order chi connectivity index (χ1) is 13.2. The topological polar surface area (TPSA) is 62.4 Å². The second-order valence-electron chi connectivity index (χ2n) is 5.87. The van der Waals surface area contributed by atoms with Crippen LogP contribution in [-0.4, -0.2) is 27.6 Å². The molecule has 3 N–H and O–H groups in total. The molecular formula is C19H20Cl3N3O2S. The standard InChI is InChI=1S/C19H20Cl3N3O2S/c1-3-27-15-9-7-14(8-10-15)23-18(28)25-17(19(20,21)22)24-16(26)13-6-4-5-12(2)11-13/h4-11,17H,3H2,1-2H3,(H,24,26)(H2,23,25,28). The molecule has 0 saturated heterocycles. The number of rotatable bonds is 6. The fraction of sp³-hybridized carbons (Fsp3) is 0.263. The molecule has 0 aliphatic carbocycles. The molecule has 0 saturated carbocycles. The number of hydrogen-bond donors (Lipinski definition) is 3. The van der Waals surface area contributed by atoms with E-state index in [2.05, 4.69) is 16.0 Å². The molecule has 1 atom stereocenters. The van der Waals surface area contributed by atoms with E-state index in [4.69, 9.17) is 51.8 Å². The zero-order chi connectivity index (χ0) is 20.7. The van der Waals surface area contributed by atoms with Crippen LogP contribution in [0.3, 0.4) is 0 Å². The van der Waals surface area contributed by atoms with Crippen molar-refractivity contribution in [3.8, 4) is 5.75 Å². The van der Waals surface area contributed by atoms with Gasteiger partial charge in [0.05, 0.1) is 6.61 Å². The van der Waals surface area contributed by atoms with Crippen LogP contribution in [0.25, 0.3) is 0 Å². The Hall–Kier alpha value is -1.73. The van der Waals surface area contributed by atoms with Gasteiger partial charge in [-0.3, -0.25) is 4.79 Å². The Labute approximate surface area is 184 Å². The van der Waals surface area contributed by atoms with Gasteiger partial charge in [0.2, 0.25) is 3.79 Å². The van der Waals surface area contributed by atoms with Crippen LogP contribution >= 0.6 is 47.0 Å². The highest BCUT2D eigenvalue weighted by Gasteiger charge is 2.34. The van der Waals surface area contributed by atoms with Crippen LogP contribution in [0.1, 0.15) is 22.8 Å². The van der Waals surface area contributed by atoms with Gasteiger partial charge >= 0.3 is 0 Å². The first-order valence-electron chi connectivity index (χ1n) is 8.43. The molecule has 0 fully saturated rings. The van der Waals surface area contributed by atoms with Crippen molar-refractivity contribution in [1.82, 2.24) is 10.6 Å². The Morgan fingerprint density at radius 2 is 1.82 bits per heavy atom. The average Bonchev–Trinajstić information content (AvgIpc) is 2.62. The highest BCUT2D eigenvalue weighted by Crippen LogP contribution is 2.29. The monoisotopic (exact) mass is 459 g/mol. The summed E-state index contributed by atoms with van der Waals surface area (Å²) < 4.78 is 3.56. The van der Waals surface area contributed by atoms with Crippen LogP contribution in [0.2, 0.25) is 0 Å². The number of carbonyl (C=O) groups excluding carboxylic acids is 1. The van der Waals surface area contributed by atoms with E-state index in [-0.39, 0.29) is 5.11 Å². The number of nitrogens with one attached hydrogen (secondary N) is 3. The van der Waals surface area contributed by atoms with E-state index in [9.17, 15) is 4.79 Å². The zero-order valence-electron chi connectivity index (χ0n) is 15.3. The number of ether oxygens (including phenoxy) is 1. The van der Waals surface area contributed by atoms with Gasteiger partial charge in [-0.05, 0) is 62.5 Å². The Bertz CT molecular complexity index is 826. The summed E-state index contributed by atoms with van der Waals surface area (Å²) in [6, 6.07) is 14.3. The van der Waals surface area contributed by atoms with E-state index in [1.165, 1.54) is 0 Å². The molecule has 2 aromatic carbocycles. The molecule has 0 spiro atoms. The van der Waals surface area contributed by atoms with Gasteiger partial charge in [-0.15, -0.1) is 0 Å². The maximum atomic E-state index is 12.5. The molecule has 9 heteroatoms. The fourth-order valence-electron chi connectivity index (χ4n) is 2.30. The summed E-state index contributed by atoms with van der Waals surface area (Å²) in [5, 5.41) is 8.63. The summed E-state index contributed by atoms with van der Waals surface area (Å²) in [6.07, 6.45) is -1.05. The minimum Gasteiger partial charge on any atom is -0.494 e. The number of hydrogen-bond acceptors (Lipinski definition) is 3. The fourth-order valence-corrected chi connectivity index (χ4v) is 2.86. The Balaban J connectivity index is 2.03. The molecule has 0 heterocycles. The van der Waals surface area contributed by atoms with Crippen molar-refractivity contribution in [3.63, 3.8) is 0 Å². The predicted molar refractivity (Wildman–Crippen MR) is 120 cm³/mol. The molecule has 0 aliphatic heterocycles. The third-order valence-electron chi connectivity index (χ3n) is 3.58. The first-order valence-corrected chi connectivity index (χ1v) is 9.98. The maximum Gasteiger partial charge on any atom is 0.252 e. The number of aryl methyl sites for hydroxylation is 1. The first kappa shape index (κ1) is 22.6. The van der Waals surface area contributed by atoms with Crippen molar-refractivity contribution in [3.05, 3.63) is 59.7 Å². The van der Waals surface area contributed by atoms with Gasteiger partial charge < -0.3 is 20.7 Å². The molecular weight excluding hydrogens is 441 g/mol. The van der Waals surface area contributed by atoms with Crippen LogP contribution in [0.15, 0.2) is 48.5 Å². The summed E-state index contributed by atoms with van der Waals surface area (Å²) in [6.45, 7) is 4.38. The van der Waals surface area contributed by atoms with Crippen LogP contribution in [0.4, 0.5) is 5.69 Å². The number of amides is 1. The van der Waals surface area contributed by atoms with Crippen molar-refractivity contribution in [2.75, 3.05) is 11.9 Å². The van der Waals surface area contributed by atoms with Crippen LogP contribution in [0.5, 0.6) is 5.75 Å². The maximum absolute atomic E-state index is 12.5. The molecule has 150 valence electrons. The average molecular weight is 461 g/mol. The molecule has 0 radical (unpaired) electrons. The van der Waals surface area contributed by atoms with Crippen molar-refractivity contribution in [1.29, 1.82) is 0 Å². The predicted octanol–water partition coefficient (Wildman–Crippen LogP) is 4.81. The molecule has 0 aliphatic rings. The van der Waals surface area contributed by atoms with Crippen molar-refractivity contribution in [2.24, 2.45) is 0 Å². The van der Waals surface area contributed by atoms with Crippen molar-refractivity contribution < 1.29 is 9.53 Å². The van der Waals surface area contributed by atoms with Crippen LogP contribution < -0.4 is 20.7 Å². The Morgan fingerprint density at radius 1 is 1.14 bits per heavy atom. The van der Waals surface area contributed by atoms with Crippen molar-refractivity contribution >= 4 is 63.7 Å². The quantitative estimate of drug-likeness (QED) is 0.328. The molecule has 28 heavy (non-hydrogen) atoms. The van der Waals surface area contributed by atoms with Crippen LogP contribution in [-0.2, 0) is 0 Å². The summed E-state index contributed by atoms with van der Waals surface area (Å²) in [5.41, 5.74) is 2.11. The highest BCUT2D eigenvalue weighted by molar-refractivity contribution is 7.80. The molecule has 2 rings (SSSR count). The van der Waals surface area contributed by atoms with E-state index in [0.717, 1.165) is 11.3 Å². The zero-order valence-corrected chi connectivity index (χ0v) is 18.3. The van der Waals surface area contributed by atoms with Gasteiger partial charge in [0.15, 0.2) is 5.11 Å². The second kappa shape index (κ2) is 10.2. The molecule has 2 aromatic rings. The SMILES string of the molecule is CCOc1ccc(NC(=S)NC(NC(=O)c2cccc(C)c2)C(Cl)(Cl)Cl)cc1. The number of halogens is 3. The van der Waals surface area contributed by atoms with Gasteiger partial charge in [0.25, 0.3) is 5.91 Å². The van der Waals surface area contributed by atoms with E-state index in [1.807, 2.05) is 19.9 Å². The van der Waals surface area contributed by atoms with Gasteiger partial charge in [-0.1, -0.05) is 52.5 Å². The normalized spacial score (nSPS) is 12.0. The Morgan fingerprint density at radius 3 is 2.39 bits per heavy atom. The van der Waals surface area contributed by atoms with Gasteiger partial charge in [-0.25, -0.2) is 0 Å². The molecule has 0 aromatic heterocycles. The largest absolute Gasteiger partial charge is 0.494 e. The van der Waals surface area contributed by atoms with Gasteiger partial charge in [0.1, 0.15) is 11.9 Å². The summed E-state index contributed by atoms with van der Waals surface area (Å²) in [5.74, 6) is 0.355. The van der Waals surface area contributed by atoms with Gasteiger partial charge in [0, 0.05) is 11.3 Å². The number of carbonyl (C=O) groups is 1. The van der Waals surface area contributed by atoms with Gasteiger partial charge in [-0.2, -0.15) is 0 Å². The molecule has 0 bridgehead atoms. The third-order valence-corrected chi connectivity index (χ3v) is 4.46. The minimum atomic E-state index is -1.83. The van der Waals surface area contributed by atoms with E-state index in [1.54, 1.807) is 42.5 Å². The molecule has 1 unspecified atom stereocenters. The van der Waals surface area contributed by atoms with E-state index in [0.29, 0.717) is 17.9 Å². The number of alkyl halides is 3. The Kier molecular flexibility index (Phi) is 8.19. The lowest BCUT2D eigenvalue weighted by Gasteiger charge is -2.27. The van der Waals surface area contributed by atoms with Crippen LogP contribution in [0, 0.1) is 6.92 Å². The van der Waals surface area contributed by atoms with E-state index >= 15 is 0 Å². The number of thiocarbonyl (C=S) groups is 1. The lowest BCUT2D eigenvalue weighted by Crippen LogP contribution is -2.56. The molecule has 1 amide bonds. The number of benzene rings is 2. The number of anilines is 1.